The molecule has 2 rings (SSSR count). The second kappa shape index (κ2) is 5.29. The van der Waals surface area contributed by atoms with E-state index in [1.165, 1.54) is 20.3 Å². The van der Waals surface area contributed by atoms with Crippen LogP contribution in [0.1, 0.15) is 23.2 Å². The first-order valence-electron chi connectivity index (χ1n) is 5.78. The first kappa shape index (κ1) is 14.0. The number of alkyl halides is 2. The molecule has 0 radical (unpaired) electrons. The zero-order valence-electron chi connectivity index (χ0n) is 11.2. The van der Waals surface area contributed by atoms with Crippen molar-refractivity contribution in [2.24, 2.45) is 0 Å². The van der Waals surface area contributed by atoms with Crippen molar-refractivity contribution in [3.8, 4) is 17.6 Å². The Labute approximate surface area is 114 Å². The summed E-state index contributed by atoms with van der Waals surface area (Å²) in [5, 5.41) is 9.64. The Hall–Kier alpha value is -2.42. The summed E-state index contributed by atoms with van der Waals surface area (Å²) < 4.78 is 36.3. The van der Waals surface area contributed by atoms with Gasteiger partial charge in [0, 0.05) is 11.5 Å². The van der Waals surface area contributed by atoms with Crippen molar-refractivity contribution in [1.82, 2.24) is 4.98 Å². The van der Waals surface area contributed by atoms with Gasteiger partial charge in [-0.1, -0.05) is 0 Å². The highest BCUT2D eigenvalue weighted by atomic mass is 19.3. The van der Waals surface area contributed by atoms with E-state index in [0.717, 1.165) is 0 Å². The highest BCUT2D eigenvalue weighted by Crippen LogP contribution is 2.35. The molecule has 4 nitrogen and oxygen atoms in total. The van der Waals surface area contributed by atoms with Crippen LogP contribution in [0.4, 0.5) is 8.78 Å². The fraction of sp³-hybridized carbons (Fsp3) is 0.286. The summed E-state index contributed by atoms with van der Waals surface area (Å²) in [4.78, 5) is 3.88. The predicted octanol–water partition coefficient (Wildman–Crippen LogP) is 3.37. The molecule has 2 aromatic rings. The number of hydrogen-bond acceptors (Lipinski definition) is 4. The first-order chi connectivity index (χ1) is 9.53. The van der Waals surface area contributed by atoms with E-state index in [9.17, 15) is 8.78 Å². The summed E-state index contributed by atoms with van der Waals surface area (Å²) in [7, 11) is 2.93. The van der Waals surface area contributed by atoms with Crippen LogP contribution in [0.5, 0.6) is 11.5 Å². The number of hydrogen-bond donors (Lipinski definition) is 0. The molecule has 1 aromatic heterocycles. The Kier molecular flexibility index (Phi) is 3.70. The molecule has 0 atom stereocenters. The smallest absolute Gasteiger partial charge is 0.281 e. The molecule has 0 fully saturated rings. The topological polar surface area (TPSA) is 55.1 Å². The van der Waals surface area contributed by atoms with Crippen LogP contribution in [-0.2, 0) is 0 Å². The molecule has 6 heteroatoms. The molecule has 0 aliphatic heterocycles. The van der Waals surface area contributed by atoms with Gasteiger partial charge in [-0.05, 0) is 18.6 Å². The zero-order chi connectivity index (χ0) is 14.9. The van der Waals surface area contributed by atoms with Crippen LogP contribution in [0, 0.1) is 18.3 Å². The number of aromatic nitrogens is 1. The molecule has 0 saturated heterocycles. The third-order valence-corrected chi connectivity index (χ3v) is 3.10. The molecule has 0 aliphatic carbocycles. The number of ether oxygens (including phenoxy) is 2. The van der Waals surface area contributed by atoms with Crippen LogP contribution >= 0.6 is 0 Å². The lowest BCUT2D eigenvalue weighted by molar-refractivity contribution is 0.146. The van der Waals surface area contributed by atoms with E-state index in [1.807, 2.05) is 0 Å². The SMILES string of the molecule is COc1cc2nc(C(F)F)c(C#N)c(C)c2cc1OC. The van der Waals surface area contributed by atoms with Gasteiger partial charge in [0.05, 0.1) is 25.3 Å². The van der Waals surface area contributed by atoms with Gasteiger partial charge in [0.15, 0.2) is 11.5 Å². The Bertz CT molecular complexity index is 709. The third kappa shape index (κ3) is 2.11. The lowest BCUT2D eigenvalue weighted by Gasteiger charge is -2.13. The number of halogens is 2. The summed E-state index contributed by atoms with van der Waals surface area (Å²) in [5.41, 5.74) is 0.188. The van der Waals surface area contributed by atoms with E-state index in [-0.39, 0.29) is 5.56 Å². The summed E-state index contributed by atoms with van der Waals surface area (Å²) in [6.07, 6.45) is -2.80. The van der Waals surface area contributed by atoms with Gasteiger partial charge in [-0.2, -0.15) is 5.26 Å². The third-order valence-electron chi connectivity index (χ3n) is 3.10. The van der Waals surface area contributed by atoms with Crippen LogP contribution in [0.3, 0.4) is 0 Å². The van der Waals surface area contributed by atoms with Gasteiger partial charge in [0.2, 0.25) is 0 Å². The minimum Gasteiger partial charge on any atom is -0.493 e. The van der Waals surface area contributed by atoms with Crippen molar-refractivity contribution in [1.29, 1.82) is 5.26 Å². The van der Waals surface area contributed by atoms with Crippen LogP contribution in [0.2, 0.25) is 0 Å². The molecule has 0 spiro atoms. The van der Waals surface area contributed by atoms with Crippen LogP contribution in [-0.4, -0.2) is 19.2 Å². The van der Waals surface area contributed by atoms with Crippen molar-refractivity contribution in [3.63, 3.8) is 0 Å². The van der Waals surface area contributed by atoms with Gasteiger partial charge < -0.3 is 9.47 Å². The van der Waals surface area contributed by atoms with Gasteiger partial charge in [-0.25, -0.2) is 13.8 Å². The van der Waals surface area contributed by atoms with Crippen LogP contribution in [0.15, 0.2) is 12.1 Å². The van der Waals surface area contributed by atoms with Gasteiger partial charge in [-0.15, -0.1) is 0 Å². The van der Waals surface area contributed by atoms with E-state index in [4.69, 9.17) is 14.7 Å². The van der Waals surface area contributed by atoms with Gasteiger partial charge in [0.1, 0.15) is 11.8 Å². The molecular formula is C14H12F2N2O2. The quantitative estimate of drug-likeness (QED) is 0.863. The number of fused-ring (bicyclic) bond motifs is 1. The van der Waals surface area contributed by atoms with E-state index >= 15 is 0 Å². The minimum absolute atomic E-state index is 0.0975. The second-order valence-electron chi connectivity index (χ2n) is 4.13. The molecule has 1 aromatic carbocycles. The van der Waals surface area contributed by atoms with Crippen molar-refractivity contribution in [2.45, 2.75) is 13.3 Å². The average Bonchev–Trinajstić information content (AvgIpc) is 2.45. The van der Waals surface area contributed by atoms with E-state index in [2.05, 4.69) is 4.98 Å². The number of rotatable bonds is 3. The standard InChI is InChI=1S/C14H12F2N2O2/c1-7-8-4-11(19-2)12(20-3)5-10(8)18-13(14(15)16)9(7)6-17/h4-5,14H,1-3H3. The van der Waals surface area contributed by atoms with Gasteiger partial charge in [-0.3, -0.25) is 0 Å². The van der Waals surface area contributed by atoms with Gasteiger partial charge >= 0.3 is 0 Å². The number of aryl methyl sites for hydroxylation is 1. The molecule has 0 unspecified atom stereocenters. The fourth-order valence-electron chi connectivity index (χ4n) is 2.07. The molecule has 104 valence electrons. The van der Waals surface area contributed by atoms with Crippen LogP contribution < -0.4 is 9.47 Å². The largest absolute Gasteiger partial charge is 0.493 e. The lowest BCUT2D eigenvalue weighted by Crippen LogP contribution is -2.01. The second-order valence-corrected chi connectivity index (χ2v) is 4.13. The summed E-state index contributed by atoms with van der Waals surface area (Å²) in [6.45, 7) is 1.61. The molecule has 20 heavy (non-hydrogen) atoms. The molecule has 0 amide bonds. The minimum atomic E-state index is -2.80. The molecule has 0 N–H and O–H groups in total. The van der Waals surface area contributed by atoms with E-state index < -0.39 is 12.1 Å². The fourth-order valence-corrected chi connectivity index (χ4v) is 2.07. The molecule has 0 bridgehead atoms. The lowest BCUT2D eigenvalue weighted by atomic mass is 10.0. The van der Waals surface area contributed by atoms with E-state index in [0.29, 0.717) is 28.0 Å². The highest BCUT2D eigenvalue weighted by molar-refractivity contribution is 5.87. The van der Waals surface area contributed by atoms with Crippen molar-refractivity contribution >= 4 is 10.9 Å². The van der Waals surface area contributed by atoms with Crippen molar-refractivity contribution < 1.29 is 18.3 Å². The maximum absolute atomic E-state index is 13.0. The van der Waals surface area contributed by atoms with Gasteiger partial charge in [0.25, 0.3) is 6.43 Å². The number of pyridine rings is 1. The summed E-state index contributed by atoms with van der Waals surface area (Å²) in [5.74, 6) is 0.857. The molecular weight excluding hydrogens is 266 g/mol. The number of benzene rings is 1. The highest BCUT2D eigenvalue weighted by Gasteiger charge is 2.20. The van der Waals surface area contributed by atoms with Crippen molar-refractivity contribution in [2.75, 3.05) is 14.2 Å². The van der Waals surface area contributed by atoms with Crippen LogP contribution in [0.25, 0.3) is 10.9 Å². The normalized spacial score (nSPS) is 10.7. The van der Waals surface area contributed by atoms with E-state index in [1.54, 1.807) is 19.1 Å². The molecule has 0 aliphatic rings. The summed E-state index contributed by atoms with van der Waals surface area (Å²) >= 11 is 0. The molecule has 1 heterocycles. The molecule has 0 saturated carbocycles. The number of nitrogens with zero attached hydrogens (tertiary/aromatic N) is 2. The number of methoxy groups -OCH3 is 2. The van der Waals surface area contributed by atoms with Crippen molar-refractivity contribution in [3.05, 3.63) is 29.0 Å². The zero-order valence-corrected chi connectivity index (χ0v) is 11.2. The number of nitriles is 1. The Morgan fingerprint density at radius 3 is 2.30 bits per heavy atom. The monoisotopic (exact) mass is 278 g/mol. The Morgan fingerprint density at radius 2 is 1.80 bits per heavy atom. The predicted molar refractivity (Wildman–Crippen MR) is 69.3 cm³/mol. The Morgan fingerprint density at radius 1 is 1.20 bits per heavy atom. The summed E-state index contributed by atoms with van der Waals surface area (Å²) in [6, 6.07) is 4.94. The first-order valence-corrected chi connectivity index (χ1v) is 5.78. The Balaban J connectivity index is 2.87. The average molecular weight is 278 g/mol. The maximum atomic E-state index is 13.0. The maximum Gasteiger partial charge on any atom is 0.281 e.